The third-order valence-corrected chi connectivity index (χ3v) is 15.0. The van der Waals surface area contributed by atoms with E-state index < -0.39 is 52.9 Å². The highest BCUT2D eigenvalue weighted by Crippen LogP contribution is 2.14. The zero-order valence-corrected chi connectivity index (χ0v) is 68.0. The first-order valence-electron chi connectivity index (χ1n) is 34.1. The van der Waals surface area contributed by atoms with Crippen LogP contribution in [0, 0.1) is 60.3 Å². The van der Waals surface area contributed by atoms with Gasteiger partial charge in [0.25, 0.3) is 11.1 Å². The number of H-pyrrole nitrogens is 2. The molecule has 0 saturated carbocycles. The number of alkyl halides is 1. The molecule has 10 aromatic rings. The summed E-state index contributed by atoms with van der Waals surface area (Å²) in [5, 5.41) is 28.7. The van der Waals surface area contributed by atoms with Crippen LogP contribution in [0.15, 0.2) is 106 Å². The van der Waals surface area contributed by atoms with Crippen molar-refractivity contribution in [3.8, 4) is 0 Å². The second kappa shape index (κ2) is 48.8. The van der Waals surface area contributed by atoms with Gasteiger partial charge >= 0.3 is 41.4 Å². The smallest absolute Gasteiger partial charge is 0.437 e. The lowest BCUT2D eigenvalue weighted by Crippen LogP contribution is -2.38. The fourth-order valence-corrected chi connectivity index (χ4v) is 9.51. The van der Waals surface area contributed by atoms with Crippen LogP contribution in [-0.2, 0) is 86.0 Å². The number of carbonyl (C=O) groups is 7. The molecule has 614 valence electrons. The van der Waals surface area contributed by atoms with E-state index >= 15 is 0 Å². The van der Waals surface area contributed by atoms with Crippen molar-refractivity contribution in [3.05, 3.63) is 210 Å². The number of aliphatic hydroxyl groups is 1. The Morgan fingerprint density at radius 3 is 1.53 bits per heavy atom. The van der Waals surface area contributed by atoms with E-state index in [1.54, 1.807) is 95.2 Å². The fraction of sp³-hybridized carbons (Fsp3) is 0.414. The summed E-state index contributed by atoms with van der Waals surface area (Å²) in [6, 6.07) is 13.7. The average Bonchev–Trinajstić information content (AvgIpc) is 1.64. The highest BCUT2D eigenvalue weighted by atomic mass is 35.5. The van der Waals surface area contributed by atoms with Crippen LogP contribution in [0.25, 0.3) is 11.0 Å². The Kier molecular flexibility index (Phi) is 42.0. The summed E-state index contributed by atoms with van der Waals surface area (Å²) < 4.78 is 41.1. The highest BCUT2D eigenvalue weighted by Gasteiger charge is 2.21. The van der Waals surface area contributed by atoms with Gasteiger partial charge in [0.05, 0.1) is 63.2 Å². The number of aromatic nitrogens is 16. The minimum atomic E-state index is -1.11. The number of aliphatic hydroxyl groups excluding tert-OH is 1. The number of nitrogens with zero attached hydrogens (tertiary/aromatic N) is 15. The number of Topliss-reactive ketones (excluding diaryl/α,β-unsaturated/α-hetero) is 2. The molecule has 0 aliphatic rings. The Bertz CT molecular complexity index is 5100. The third kappa shape index (κ3) is 31.1. The van der Waals surface area contributed by atoms with Crippen molar-refractivity contribution in [2.45, 2.75) is 162 Å². The molecule has 0 aliphatic heterocycles. The summed E-state index contributed by atoms with van der Waals surface area (Å²) >= 11 is 17.2. The molecule has 0 amide bonds. The molecule has 2 aromatic carbocycles. The third-order valence-electron chi connectivity index (χ3n) is 14.3. The SMILES string of the molecule is CCOC(=O)C(N)C(C)=O.CCOC(=O)C(N=O)=C(C)O.CCOC(=O)CC(C)=O.CCOC(=O)c1c(C)nc(C)n1N.CCOC(=O)c1nc(C)[nH]c1C.Cc1nc(C)n2nc[nH]c(=O)c12.Cc1nc(C)n2ncn(Cc3nn(CCc4ccc(Cl)cc4)c(=O)o3)c(=O)c12.Cl.O=c1oc(CCl)nn1CCc1ccc(Cl)cc1. The molecule has 8 heterocycles. The predicted octanol–water partition coefficient (Wildman–Crippen LogP) is 7.22. The standard InChI is InChI=1S/C18H17ClN6O3.C11H10Cl2N2O2.C8H13N3O2.C8H12N2O2.C7H8N4O.C6H9NO4.C6H11NO3.C6H10O3.ClH/c1-11-16-17(26)23(10-20-25(16)12(2)21-11)9-15-22-24(18(27)28-15)8-7-13-3-5-14(19)6-4-13;12-7-10-14-15(11(16)17-10)6-5-8-1-3-9(13)4-2-8;1-4-13-8(12)7-5(2)10-6(3)11(7)9;1-4-12-8(11)7-5(2)9-6(3)10-7;1-4-6-7(12)8-3-9-11(6)5(2)10-4;1-3-11-6(9)5(7-10)4(2)8;1-3-10-6(9)5(7)4(2)8;1-3-9-6(8)4-5(2)7;/h3-6,10H,7-9H2,1-2H3;1-4H,5-7H2;4,9H2,1-3H3;4H2,1-3H3,(H,9,10);3H,1-2H3,(H,8,9,12);8H,3H2,1-2H3;5H,3,7H2,1-2H3;3-4H2,1-2H3;1H. The number of hydrogen-bond donors (Lipinski definition) is 5. The first kappa shape index (κ1) is 97.3. The Morgan fingerprint density at radius 1 is 0.628 bits per heavy atom. The van der Waals surface area contributed by atoms with E-state index in [2.05, 4.69) is 69.7 Å². The molecular weight excluding hydrogens is 1570 g/mol. The number of esters is 5. The fourth-order valence-electron chi connectivity index (χ4n) is 9.15. The number of nitroso groups, excluding NO2 is 1. The average molecular weight is 1660 g/mol. The topological polar surface area (TPSA) is 525 Å². The van der Waals surface area contributed by atoms with Crippen LogP contribution in [0.1, 0.15) is 152 Å². The molecule has 0 spiro atoms. The zero-order valence-electron chi connectivity index (χ0n) is 64.9. The zero-order chi connectivity index (χ0) is 84.2. The van der Waals surface area contributed by atoms with E-state index in [0.29, 0.717) is 107 Å². The minimum Gasteiger partial charge on any atom is -0.510 e. The summed E-state index contributed by atoms with van der Waals surface area (Å²) in [5.74, 6) is 3.97. The highest BCUT2D eigenvalue weighted by molar-refractivity contribution is 6.30. The number of carbonyl (C=O) groups excluding carboxylic acids is 7. The van der Waals surface area contributed by atoms with Crippen LogP contribution in [0.2, 0.25) is 10.0 Å². The van der Waals surface area contributed by atoms with Gasteiger partial charge in [-0.2, -0.15) is 19.6 Å². The van der Waals surface area contributed by atoms with E-state index in [4.69, 9.17) is 69.8 Å². The van der Waals surface area contributed by atoms with E-state index in [9.17, 15) is 57.6 Å². The summed E-state index contributed by atoms with van der Waals surface area (Å²) in [6.07, 6.45) is 3.93. The number of aromatic amines is 2. The van der Waals surface area contributed by atoms with Crippen molar-refractivity contribution in [2.75, 3.05) is 38.9 Å². The molecule has 0 aliphatic carbocycles. The maximum absolute atomic E-state index is 12.7. The van der Waals surface area contributed by atoms with Crippen LogP contribution < -0.4 is 34.2 Å². The lowest BCUT2D eigenvalue weighted by Gasteiger charge is -2.05. The summed E-state index contributed by atoms with van der Waals surface area (Å²) in [5.41, 5.74) is 10.5. The number of nitrogen functional groups attached to an aromatic ring is 1. The van der Waals surface area contributed by atoms with Gasteiger partial charge in [0, 0.05) is 15.7 Å². The maximum Gasteiger partial charge on any atom is 0.437 e. The molecule has 0 fully saturated rings. The number of ketones is 2. The van der Waals surface area contributed by atoms with Crippen LogP contribution >= 0.6 is 47.2 Å². The summed E-state index contributed by atoms with van der Waals surface area (Å²) in [6.45, 7) is 28.7. The van der Waals surface area contributed by atoms with Crippen molar-refractivity contribution >= 4 is 99.7 Å². The van der Waals surface area contributed by atoms with Gasteiger partial charge in [0.1, 0.15) is 66.3 Å². The van der Waals surface area contributed by atoms with E-state index in [0.717, 1.165) is 28.5 Å². The number of aryl methyl sites for hydroxylation is 12. The van der Waals surface area contributed by atoms with Gasteiger partial charge in [-0.3, -0.25) is 28.5 Å². The largest absolute Gasteiger partial charge is 0.510 e. The maximum atomic E-state index is 12.7. The van der Waals surface area contributed by atoms with Gasteiger partial charge in [-0.15, -0.1) is 39.1 Å². The molecule has 113 heavy (non-hydrogen) atoms. The number of nitrogens with one attached hydrogen (secondary N) is 2. The Balaban J connectivity index is 0.000000453. The van der Waals surface area contributed by atoms with Crippen LogP contribution in [0.3, 0.4) is 0 Å². The molecule has 8 aromatic heterocycles. The van der Waals surface area contributed by atoms with Gasteiger partial charge in [0.2, 0.25) is 17.5 Å². The number of imidazole rings is 4. The predicted molar refractivity (Wildman–Crippen MR) is 414 cm³/mol. The lowest BCUT2D eigenvalue weighted by atomic mass is 10.1. The molecule has 1 unspecified atom stereocenters. The quantitative estimate of drug-likeness (QED) is 0.00653. The second-order valence-corrected chi connectivity index (χ2v) is 24.2. The lowest BCUT2D eigenvalue weighted by molar-refractivity contribution is -0.147. The first-order chi connectivity index (χ1) is 52.9. The second-order valence-electron chi connectivity index (χ2n) is 23.0. The number of allylic oxidation sites excluding steroid dienone is 1. The molecule has 0 radical (unpaired) electrons. The van der Waals surface area contributed by atoms with Crippen molar-refractivity contribution in [1.82, 2.24) is 77.9 Å². The number of nitrogens with two attached hydrogens (primary N) is 2. The number of benzene rings is 2. The van der Waals surface area contributed by atoms with Crippen LogP contribution in [0.5, 0.6) is 0 Å². The van der Waals surface area contributed by atoms with Crippen LogP contribution in [0.4, 0.5) is 0 Å². The van der Waals surface area contributed by atoms with Crippen molar-refractivity contribution < 1.29 is 71.2 Å². The van der Waals surface area contributed by atoms with Gasteiger partial charge < -0.3 is 59.2 Å². The number of rotatable bonds is 22. The van der Waals surface area contributed by atoms with Gasteiger partial charge in [-0.05, 0) is 164 Å². The number of fused-ring (bicyclic) bond motifs is 2. The molecule has 10 rings (SSSR count). The first-order valence-corrected chi connectivity index (χ1v) is 35.4. The summed E-state index contributed by atoms with van der Waals surface area (Å²) in [4.78, 5) is 154. The number of halogens is 4. The summed E-state index contributed by atoms with van der Waals surface area (Å²) in [7, 11) is 0. The van der Waals surface area contributed by atoms with Crippen molar-refractivity contribution in [1.29, 1.82) is 0 Å². The molecule has 0 saturated heterocycles. The van der Waals surface area contributed by atoms with Gasteiger partial charge in [-0.1, -0.05) is 47.5 Å². The molecule has 0 bridgehead atoms. The van der Waals surface area contributed by atoms with E-state index in [-0.39, 0.29) is 84.9 Å². The molecule has 7 N–H and O–H groups in total. The normalized spacial score (nSPS) is 10.7. The van der Waals surface area contributed by atoms with Gasteiger partial charge in [-0.25, -0.2) is 62.4 Å². The Hall–Kier alpha value is -11.8. The molecule has 39 nitrogen and oxygen atoms in total. The Morgan fingerprint density at radius 2 is 1.11 bits per heavy atom. The van der Waals surface area contributed by atoms with Crippen molar-refractivity contribution in [2.24, 2.45) is 10.9 Å². The van der Waals surface area contributed by atoms with Crippen molar-refractivity contribution in [3.63, 3.8) is 0 Å². The number of ether oxygens (including phenoxy) is 5. The molecule has 43 heteroatoms. The molecule has 1 atom stereocenters. The monoisotopic (exact) mass is 1660 g/mol. The van der Waals surface area contributed by atoms with E-state index in [1.165, 1.54) is 61.1 Å². The van der Waals surface area contributed by atoms with Crippen LogP contribution in [-0.4, -0.2) is 164 Å². The minimum absolute atomic E-state index is 0. The van der Waals surface area contributed by atoms with E-state index in [1.807, 2.05) is 43.3 Å². The Labute approximate surface area is 666 Å². The molecular formula is C70H91Cl4N19O20. The van der Waals surface area contributed by atoms with Gasteiger partial charge in [0.15, 0.2) is 34.2 Å². The number of hydrogen-bond acceptors (Lipinski definition) is 31.